The molecule has 4 rings (SSSR count). The first kappa shape index (κ1) is 17.7. The molecule has 0 unspecified atom stereocenters. The largest absolute Gasteiger partial charge is 0.388 e. The monoisotopic (exact) mass is 426 g/mol. The quantitative estimate of drug-likeness (QED) is 0.522. The molecule has 4 heteroatoms. The zero-order valence-electron chi connectivity index (χ0n) is 15.2. The van der Waals surface area contributed by atoms with E-state index in [1.807, 2.05) is 7.05 Å². The van der Waals surface area contributed by atoms with E-state index in [-0.39, 0.29) is 0 Å². The van der Waals surface area contributed by atoms with Gasteiger partial charge in [-0.05, 0) is 67.0 Å². The molecule has 0 aliphatic heterocycles. The van der Waals surface area contributed by atoms with Gasteiger partial charge in [-0.1, -0.05) is 34.1 Å². The lowest BCUT2D eigenvalue weighted by Gasteiger charge is -2.16. The first-order valence-electron chi connectivity index (χ1n) is 9.17. The maximum Gasteiger partial charge on any atom is 0.0976 e. The van der Waals surface area contributed by atoms with Crippen LogP contribution >= 0.6 is 27.3 Å². The van der Waals surface area contributed by atoms with E-state index < -0.39 is 0 Å². The fourth-order valence-corrected chi connectivity index (χ4v) is 5.04. The predicted octanol–water partition coefficient (Wildman–Crippen LogP) is 6.39. The Bertz CT molecular complexity index is 945. The Morgan fingerprint density at radius 1 is 1.12 bits per heavy atom. The average Bonchev–Trinajstić information content (AvgIpc) is 3.12. The van der Waals surface area contributed by atoms with E-state index >= 15 is 0 Å². The van der Waals surface area contributed by atoms with Crippen LogP contribution in [-0.2, 0) is 19.3 Å². The van der Waals surface area contributed by atoms with Crippen molar-refractivity contribution in [3.05, 3.63) is 67.4 Å². The minimum atomic E-state index is 0.862. The summed E-state index contributed by atoms with van der Waals surface area (Å²) in [6.45, 7) is 2.14. The first-order valence-corrected chi connectivity index (χ1v) is 10.8. The molecule has 134 valence electrons. The van der Waals surface area contributed by atoms with Crippen molar-refractivity contribution in [3.8, 4) is 11.3 Å². The van der Waals surface area contributed by atoms with Gasteiger partial charge in [0.25, 0.3) is 0 Å². The maximum absolute atomic E-state index is 4.92. The van der Waals surface area contributed by atoms with Crippen LogP contribution in [-0.4, -0.2) is 12.0 Å². The minimum absolute atomic E-state index is 0.862. The number of nitrogens with zero attached hydrogens (tertiary/aromatic N) is 1. The van der Waals surface area contributed by atoms with Gasteiger partial charge in [0.15, 0.2) is 0 Å². The van der Waals surface area contributed by atoms with E-state index in [9.17, 15) is 0 Å². The van der Waals surface area contributed by atoms with E-state index in [2.05, 4.69) is 63.9 Å². The number of aryl methyl sites for hydroxylation is 3. The molecule has 3 aromatic rings. The van der Waals surface area contributed by atoms with Crippen LogP contribution in [0.5, 0.6) is 0 Å². The molecular formula is C22H23BrN2S. The fraction of sp³-hybridized carbons (Fsp3) is 0.318. The van der Waals surface area contributed by atoms with Crippen LogP contribution in [0.4, 0.5) is 5.69 Å². The van der Waals surface area contributed by atoms with Gasteiger partial charge in [-0.15, -0.1) is 11.3 Å². The molecule has 2 nitrogen and oxygen atoms in total. The molecule has 0 saturated heterocycles. The summed E-state index contributed by atoms with van der Waals surface area (Å²) in [6, 6.07) is 11.3. The Labute approximate surface area is 167 Å². The zero-order valence-corrected chi connectivity index (χ0v) is 17.6. The van der Waals surface area contributed by atoms with E-state index in [1.165, 1.54) is 53.5 Å². The van der Waals surface area contributed by atoms with Crippen molar-refractivity contribution in [1.29, 1.82) is 0 Å². The third-order valence-electron chi connectivity index (χ3n) is 5.20. The third kappa shape index (κ3) is 3.58. The van der Waals surface area contributed by atoms with Gasteiger partial charge in [-0.2, -0.15) is 0 Å². The van der Waals surface area contributed by atoms with E-state index in [0.717, 1.165) is 27.3 Å². The molecule has 2 aromatic carbocycles. The molecule has 1 heterocycles. The Kier molecular flexibility index (Phi) is 5.14. The summed E-state index contributed by atoms with van der Waals surface area (Å²) in [6.07, 6.45) is 5.95. The predicted molar refractivity (Wildman–Crippen MR) is 115 cm³/mol. The second kappa shape index (κ2) is 7.53. The lowest BCUT2D eigenvalue weighted by Crippen LogP contribution is -2.02. The summed E-state index contributed by atoms with van der Waals surface area (Å²) < 4.78 is 1.14. The summed E-state index contributed by atoms with van der Waals surface area (Å²) in [5.41, 5.74) is 9.12. The van der Waals surface area contributed by atoms with Gasteiger partial charge in [0.05, 0.1) is 10.7 Å². The standard InChI is InChI=1S/C22H23BrN2S/c1-14-9-18(19(23)12-20(14)24-2)11-22-25-21(13-26-22)17-8-7-15-5-3-4-6-16(15)10-17/h7-10,12-13,24H,3-6,11H2,1-2H3. The second-order valence-corrected chi connectivity index (χ2v) is 8.80. The van der Waals surface area contributed by atoms with E-state index in [1.54, 1.807) is 11.3 Å². The number of hydrogen-bond donors (Lipinski definition) is 1. The molecule has 0 spiro atoms. The summed E-state index contributed by atoms with van der Waals surface area (Å²) in [5, 5.41) is 6.59. The Morgan fingerprint density at radius 3 is 2.73 bits per heavy atom. The van der Waals surface area contributed by atoms with Crippen LogP contribution in [0.1, 0.15) is 40.1 Å². The number of anilines is 1. The molecule has 1 aliphatic rings. The number of halogens is 1. The van der Waals surface area contributed by atoms with E-state index in [4.69, 9.17) is 4.98 Å². The van der Waals surface area contributed by atoms with Gasteiger partial charge in [0.2, 0.25) is 0 Å². The lowest BCUT2D eigenvalue weighted by atomic mass is 9.90. The number of hydrogen-bond acceptors (Lipinski definition) is 3. The van der Waals surface area contributed by atoms with Gasteiger partial charge in [-0.3, -0.25) is 0 Å². The van der Waals surface area contributed by atoms with Crippen molar-refractivity contribution >= 4 is 33.0 Å². The molecule has 0 amide bonds. The van der Waals surface area contributed by atoms with Crippen molar-refractivity contribution in [2.24, 2.45) is 0 Å². The van der Waals surface area contributed by atoms with Crippen molar-refractivity contribution < 1.29 is 0 Å². The Hall–Kier alpha value is -1.65. The van der Waals surface area contributed by atoms with Gasteiger partial charge >= 0.3 is 0 Å². The first-order chi connectivity index (χ1) is 12.6. The smallest absolute Gasteiger partial charge is 0.0976 e. The van der Waals surface area contributed by atoms with Crippen molar-refractivity contribution in [2.75, 3.05) is 12.4 Å². The van der Waals surface area contributed by atoms with Crippen LogP contribution in [0, 0.1) is 6.92 Å². The third-order valence-corrected chi connectivity index (χ3v) is 6.79. The molecule has 26 heavy (non-hydrogen) atoms. The highest BCUT2D eigenvalue weighted by Gasteiger charge is 2.13. The summed E-state index contributed by atoms with van der Waals surface area (Å²) in [5.74, 6) is 0. The highest BCUT2D eigenvalue weighted by atomic mass is 79.9. The SMILES string of the molecule is CNc1cc(Br)c(Cc2nc(-c3ccc4c(c3)CCCC4)cs2)cc1C. The lowest BCUT2D eigenvalue weighted by molar-refractivity contribution is 0.686. The van der Waals surface area contributed by atoms with Crippen LogP contribution in [0.15, 0.2) is 40.2 Å². The van der Waals surface area contributed by atoms with Gasteiger partial charge in [0, 0.05) is 34.6 Å². The highest BCUT2D eigenvalue weighted by molar-refractivity contribution is 9.10. The van der Waals surface area contributed by atoms with Crippen molar-refractivity contribution in [3.63, 3.8) is 0 Å². The van der Waals surface area contributed by atoms with Crippen LogP contribution in [0.25, 0.3) is 11.3 Å². The average molecular weight is 427 g/mol. The Morgan fingerprint density at radius 2 is 1.92 bits per heavy atom. The molecule has 0 fully saturated rings. The highest BCUT2D eigenvalue weighted by Crippen LogP contribution is 2.31. The second-order valence-electron chi connectivity index (χ2n) is 7.00. The molecule has 0 bridgehead atoms. The molecule has 0 radical (unpaired) electrons. The van der Waals surface area contributed by atoms with Crippen LogP contribution < -0.4 is 5.32 Å². The summed E-state index contributed by atoms with van der Waals surface area (Å²) in [7, 11) is 1.96. The normalized spacial score (nSPS) is 13.5. The van der Waals surface area contributed by atoms with E-state index in [0.29, 0.717) is 0 Å². The van der Waals surface area contributed by atoms with Crippen LogP contribution in [0.3, 0.4) is 0 Å². The van der Waals surface area contributed by atoms with Gasteiger partial charge in [-0.25, -0.2) is 4.98 Å². The zero-order chi connectivity index (χ0) is 18.1. The Balaban J connectivity index is 1.58. The van der Waals surface area contributed by atoms with Crippen LogP contribution in [0.2, 0.25) is 0 Å². The molecular weight excluding hydrogens is 404 g/mol. The summed E-state index contributed by atoms with van der Waals surface area (Å²) >= 11 is 5.46. The van der Waals surface area contributed by atoms with Crippen molar-refractivity contribution in [1.82, 2.24) is 4.98 Å². The molecule has 0 atom stereocenters. The fourth-order valence-electron chi connectivity index (χ4n) is 3.73. The molecule has 1 N–H and O–H groups in total. The van der Waals surface area contributed by atoms with Gasteiger partial charge in [0.1, 0.15) is 0 Å². The number of fused-ring (bicyclic) bond motifs is 1. The van der Waals surface area contributed by atoms with Gasteiger partial charge < -0.3 is 5.32 Å². The topological polar surface area (TPSA) is 24.9 Å². The summed E-state index contributed by atoms with van der Waals surface area (Å²) in [4.78, 5) is 4.92. The molecule has 0 saturated carbocycles. The minimum Gasteiger partial charge on any atom is -0.388 e. The van der Waals surface area contributed by atoms with Crippen molar-refractivity contribution in [2.45, 2.75) is 39.0 Å². The number of rotatable bonds is 4. The number of aromatic nitrogens is 1. The maximum atomic E-state index is 4.92. The molecule has 1 aliphatic carbocycles. The number of nitrogens with one attached hydrogen (secondary N) is 1. The number of benzene rings is 2. The molecule has 1 aromatic heterocycles. The number of thiazole rings is 1.